The molecule has 2 atom stereocenters. The topological polar surface area (TPSA) is 77.4 Å². The van der Waals surface area contributed by atoms with Gasteiger partial charge in [0.25, 0.3) is 0 Å². The second-order valence-electron chi connectivity index (χ2n) is 7.46. The van der Waals surface area contributed by atoms with Gasteiger partial charge in [-0.2, -0.15) is 0 Å². The molecule has 0 spiro atoms. The standard InChI is InChI=1S/C20H42O4S.Na/c1-3-5-17-20(25(22,23)24)18-14-12-10-8-6-7-9-11-13-16-19(21)15-4-2;/h19-21H,3-18H2,1-2H3,(H,22,23,24);/q;+1/p-1. The van der Waals surface area contributed by atoms with Gasteiger partial charge in [0.15, 0.2) is 0 Å². The fourth-order valence-corrected chi connectivity index (χ4v) is 4.24. The molecule has 26 heavy (non-hydrogen) atoms. The van der Waals surface area contributed by atoms with E-state index in [1.54, 1.807) is 0 Å². The number of aliphatic hydroxyl groups excluding tert-OH is 1. The molecule has 0 saturated carbocycles. The summed E-state index contributed by atoms with van der Waals surface area (Å²) in [6.45, 7) is 4.12. The molecule has 0 aromatic rings. The molecule has 0 bridgehead atoms. The van der Waals surface area contributed by atoms with Crippen LogP contribution in [-0.4, -0.2) is 29.4 Å². The normalized spacial score (nSPS) is 14.0. The van der Waals surface area contributed by atoms with E-state index < -0.39 is 15.4 Å². The molecule has 1 N–H and O–H groups in total. The largest absolute Gasteiger partial charge is 1.00 e. The number of rotatable bonds is 18. The van der Waals surface area contributed by atoms with Gasteiger partial charge >= 0.3 is 29.6 Å². The number of hydrogen-bond acceptors (Lipinski definition) is 4. The Balaban J connectivity index is 0. The van der Waals surface area contributed by atoms with Gasteiger partial charge in [-0.25, -0.2) is 8.42 Å². The summed E-state index contributed by atoms with van der Waals surface area (Å²) < 4.78 is 33.7. The van der Waals surface area contributed by atoms with E-state index in [1.165, 1.54) is 32.1 Å². The molecule has 0 aliphatic carbocycles. The monoisotopic (exact) mass is 400 g/mol. The van der Waals surface area contributed by atoms with Crippen molar-refractivity contribution in [2.75, 3.05) is 0 Å². The van der Waals surface area contributed by atoms with Crippen LogP contribution in [0.1, 0.15) is 117 Å². The van der Waals surface area contributed by atoms with Gasteiger partial charge in [-0.15, -0.1) is 0 Å². The van der Waals surface area contributed by atoms with E-state index in [2.05, 4.69) is 6.92 Å². The Hall–Kier alpha value is 0.870. The Morgan fingerprint density at radius 1 is 0.692 bits per heavy atom. The zero-order valence-electron chi connectivity index (χ0n) is 17.5. The predicted molar refractivity (Wildman–Crippen MR) is 105 cm³/mol. The average Bonchev–Trinajstić information content (AvgIpc) is 2.54. The molecule has 2 unspecified atom stereocenters. The summed E-state index contributed by atoms with van der Waals surface area (Å²) in [4.78, 5) is 0. The minimum absolute atomic E-state index is 0. The van der Waals surface area contributed by atoms with E-state index in [-0.39, 0.29) is 35.7 Å². The molecule has 6 heteroatoms. The molecular weight excluding hydrogens is 359 g/mol. The van der Waals surface area contributed by atoms with Crippen LogP contribution in [0.2, 0.25) is 0 Å². The summed E-state index contributed by atoms with van der Waals surface area (Å²) in [5.41, 5.74) is 0. The molecule has 4 nitrogen and oxygen atoms in total. The molecule has 0 amide bonds. The van der Waals surface area contributed by atoms with Crippen LogP contribution in [0.5, 0.6) is 0 Å². The summed E-state index contributed by atoms with van der Waals surface area (Å²) in [5, 5.41) is 8.98. The van der Waals surface area contributed by atoms with Crippen molar-refractivity contribution in [3.63, 3.8) is 0 Å². The maximum atomic E-state index is 11.2. The Morgan fingerprint density at radius 3 is 1.54 bits per heavy atom. The first-order valence-corrected chi connectivity index (χ1v) is 12.0. The van der Waals surface area contributed by atoms with Crippen molar-refractivity contribution in [1.82, 2.24) is 0 Å². The van der Waals surface area contributed by atoms with Gasteiger partial charge in [-0.3, -0.25) is 0 Å². The molecule has 0 saturated heterocycles. The van der Waals surface area contributed by atoms with E-state index >= 15 is 0 Å². The minimum atomic E-state index is -4.13. The molecule has 0 heterocycles. The van der Waals surface area contributed by atoms with Crippen LogP contribution in [0, 0.1) is 0 Å². The van der Waals surface area contributed by atoms with Crippen molar-refractivity contribution in [1.29, 1.82) is 0 Å². The molecule has 0 aromatic heterocycles. The SMILES string of the molecule is CCCCC(CCCCCCCCCCCC(O)CCC)S(=O)(=O)[O-].[Na+]. The minimum Gasteiger partial charge on any atom is -0.748 e. The van der Waals surface area contributed by atoms with Crippen LogP contribution in [0.25, 0.3) is 0 Å². The summed E-state index contributed by atoms with van der Waals surface area (Å²) in [7, 11) is -4.13. The quantitative estimate of drug-likeness (QED) is 0.218. The van der Waals surface area contributed by atoms with Crippen LogP contribution in [-0.2, 0) is 10.1 Å². The van der Waals surface area contributed by atoms with Gasteiger partial charge in [0.05, 0.1) is 16.2 Å². The molecule has 0 rings (SSSR count). The molecular formula is C20H41NaO4S. The zero-order valence-corrected chi connectivity index (χ0v) is 20.4. The second-order valence-corrected chi connectivity index (χ2v) is 9.11. The predicted octanol–water partition coefficient (Wildman–Crippen LogP) is 2.55. The van der Waals surface area contributed by atoms with E-state index in [1.807, 2.05) is 6.92 Å². The number of aliphatic hydroxyl groups is 1. The maximum Gasteiger partial charge on any atom is 1.00 e. The molecule has 0 fully saturated rings. The van der Waals surface area contributed by atoms with Gasteiger partial charge < -0.3 is 9.66 Å². The van der Waals surface area contributed by atoms with Gasteiger partial charge in [0.2, 0.25) is 0 Å². The van der Waals surface area contributed by atoms with Crippen molar-refractivity contribution in [2.24, 2.45) is 0 Å². The van der Waals surface area contributed by atoms with Crippen molar-refractivity contribution in [3.05, 3.63) is 0 Å². The van der Waals surface area contributed by atoms with E-state index in [4.69, 9.17) is 0 Å². The van der Waals surface area contributed by atoms with E-state index in [9.17, 15) is 18.1 Å². The first-order chi connectivity index (χ1) is 11.9. The zero-order chi connectivity index (χ0) is 19.0. The first-order valence-electron chi connectivity index (χ1n) is 10.5. The molecule has 0 aliphatic heterocycles. The van der Waals surface area contributed by atoms with E-state index in [0.29, 0.717) is 12.8 Å². The maximum absolute atomic E-state index is 11.2. The molecule has 0 aromatic carbocycles. The van der Waals surface area contributed by atoms with Crippen molar-refractivity contribution >= 4 is 10.1 Å². The van der Waals surface area contributed by atoms with Crippen LogP contribution in [0.3, 0.4) is 0 Å². The third-order valence-corrected chi connectivity index (χ3v) is 6.26. The van der Waals surface area contributed by atoms with Crippen LogP contribution < -0.4 is 29.6 Å². The Labute approximate surface area is 185 Å². The summed E-state index contributed by atoms with van der Waals surface area (Å²) in [5.74, 6) is 0. The third kappa shape index (κ3) is 18.2. The Morgan fingerprint density at radius 2 is 1.12 bits per heavy atom. The van der Waals surface area contributed by atoms with Gasteiger partial charge in [-0.1, -0.05) is 90.9 Å². The first kappa shape index (κ1) is 29.1. The van der Waals surface area contributed by atoms with Gasteiger partial charge in [-0.05, 0) is 25.7 Å². The fraction of sp³-hybridized carbons (Fsp3) is 1.00. The second kappa shape index (κ2) is 19.2. The molecule has 0 aliphatic rings. The summed E-state index contributed by atoms with van der Waals surface area (Å²) >= 11 is 0. The average molecular weight is 401 g/mol. The van der Waals surface area contributed by atoms with E-state index in [0.717, 1.165) is 57.8 Å². The fourth-order valence-electron chi connectivity index (χ4n) is 3.33. The van der Waals surface area contributed by atoms with Crippen LogP contribution in [0.4, 0.5) is 0 Å². The summed E-state index contributed by atoms with van der Waals surface area (Å²) in [6, 6.07) is 0. The Bertz CT molecular complexity index is 387. The number of unbranched alkanes of at least 4 members (excludes halogenated alkanes) is 9. The van der Waals surface area contributed by atoms with Crippen LogP contribution >= 0.6 is 0 Å². The third-order valence-electron chi connectivity index (χ3n) is 4.97. The number of hydrogen-bond donors (Lipinski definition) is 1. The summed E-state index contributed by atoms with van der Waals surface area (Å²) in [6.07, 6.45) is 15.9. The van der Waals surface area contributed by atoms with Gasteiger partial charge in [0, 0.05) is 5.25 Å². The molecule has 0 radical (unpaired) electrons. The van der Waals surface area contributed by atoms with Gasteiger partial charge in [0.1, 0.15) is 0 Å². The molecule has 152 valence electrons. The van der Waals surface area contributed by atoms with Crippen molar-refractivity contribution in [2.45, 2.75) is 128 Å². The Kier molecular flexibility index (Phi) is 21.5. The van der Waals surface area contributed by atoms with Crippen molar-refractivity contribution < 1.29 is 47.6 Å². The smallest absolute Gasteiger partial charge is 0.748 e. The van der Waals surface area contributed by atoms with Crippen LogP contribution in [0.15, 0.2) is 0 Å². The van der Waals surface area contributed by atoms with Crippen molar-refractivity contribution in [3.8, 4) is 0 Å².